The van der Waals surface area contributed by atoms with E-state index in [1.807, 2.05) is 12.1 Å². The first kappa shape index (κ1) is 12.3. The van der Waals surface area contributed by atoms with Crippen molar-refractivity contribution in [3.63, 3.8) is 0 Å². The second-order valence-corrected chi connectivity index (χ2v) is 3.89. The number of pyridine rings is 1. The molecule has 0 amide bonds. The Balaban J connectivity index is 2.59. The van der Waals surface area contributed by atoms with E-state index in [-0.39, 0.29) is 0 Å². The van der Waals surface area contributed by atoms with Crippen LogP contribution in [0.5, 0.6) is 5.75 Å². The molecule has 0 fully saturated rings. The maximum absolute atomic E-state index is 5.92. The molecule has 5 nitrogen and oxygen atoms in total. The van der Waals surface area contributed by atoms with Crippen LogP contribution in [0.3, 0.4) is 0 Å². The van der Waals surface area contributed by atoms with Gasteiger partial charge in [-0.05, 0) is 18.6 Å². The number of rotatable bonds is 4. The summed E-state index contributed by atoms with van der Waals surface area (Å²) in [5, 5.41) is 0. The zero-order valence-electron chi connectivity index (χ0n) is 10.6. The summed E-state index contributed by atoms with van der Waals surface area (Å²) in [5.41, 5.74) is 8.30. The molecule has 0 atom stereocenters. The normalized spacial score (nSPS) is 10.3. The van der Waals surface area contributed by atoms with E-state index in [0.29, 0.717) is 17.3 Å². The molecule has 0 saturated heterocycles. The smallest absolute Gasteiger partial charge is 0.146 e. The highest BCUT2D eigenvalue weighted by Crippen LogP contribution is 2.30. The van der Waals surface area contributed by atoms with Gasteiger partial charge >= 0.3 is 0 Å². The largest absolute Gasteiger partial charge is 0.494 e. The van der Waals surface area contributed by atoms with E-state index in [1.54, 1.807) is 13.3 Å². The Morgan fingerprint density at radius 2 is 2.06 bits per heavy atom. The Morgan fingerprint density at radius 1 is 1.22 bits per heavy atom. The summed E-state index contributed by atoms with van der Waals surface area (Å²) < 4.78 is 5.31. The van der Waals surface area contributed by atoms with Gasteiger partial charge in [-0.1, -0.05) is 13.3 Å². The first-order valence-electron chi connectivity index (χ1n) is 5.86. The number of hydrogen-bond donors (Lipinski definition) is 1. The Hall–Kier alpha value is -2.17. The number of nitrogen functional groups attached to an aromatic ring is 1. The number of aromatic nitrogens is 3. The van der Waals surface area contributed by atoms with Gasteiger partial charge in [0.2, 0.25) is 0 Å². The molecular formula is C13H16N4O. The lowest BCUT2D eigenvalue weighted by Gasteiger charge is -2.11. The fourth-order valence-electron chi connectivity index (χ4n) is 1.86. The molecule has 2 rings (SSSR count). The zero-order chi connectivity index (χ0) is 13.0. The lowest BCUT2D eigenvalue weighted by atomic mass is 10.1. The van der Waals surface area contributed by atoms with Crippen LogP contribution in [0.2, 0.25) is 0 Å². The molecule has 5 heteroatoms. The van der Waals surface area contributed by atoms with Crippen molar-refractivity contribution in [2.75, 3.05) is 12.8 Å². The monoisotopic (exact) mass is 244 g/mol. The predicted molar refractivity (Wildman–Crippen MR) is 70.2 cm³/mol. The van der Waals surface area contributed by atoms with Crippen molar-refractivity contribution in [1.29, 1.82) is 0 Å². The Labute approximate surface area is 106 Å². The third kappa shape index (κ3) is 2.25. The van der Waals surface area contributed by atoms with Crippen molar-refractivity contribution in [2.24, 2.45) is 0 Å². The number of nitrogens with zero attached hydrogens (tertiary/aromatic N) is 3. The molecule has 0 saturated carbocycles. The molecule has 18 heavy (non-hydrogen) atoms. The summed E-state index contributed by atoms with van der Waals surface area (Å²) in [5.74, 6) is 1.20. The summed E-state index contributed by atoms with van der Waals surface area (Å²) in [4.78, 5) is 12.7. The number of anilines is 1. The number of nitrogens with two attached hydrogens (primary N) is 1. The van der Waals surface area contributed by atoms with E-state index in [1.165, 1.54) is 6.33 Å². The SMILES string of the molecule is CCCc1c(N)ncnc1-c1ncccc1OC. The molecule has 2 N–H and O–H groups in total. The number of ether oxygens (including phenoxy) is 1. The molecule has 2 aromatic heterocycles. The van der Waals surface area contributed by atoms with Crippen LogP contribution in [0.1, 0.15) is 18.9 Å². The van der Waals surface area contributed by atoms with Crippen molar-refractivity contribution in [2.45, 2.75) is 19.8 Å². The molecule has 0 aliphatic carbocycles. The first-order valence-corrected chi connectivity index (χ1v) is 5.86. The van der Waals surface area contributed by atoms with Crippen molar-refractivity contribution >= 4 is 5.82 Å². The molecule has 0 spiro atoms. The first-order chi connectivity index (χ1) is 8.77. The Morgan fingerprint density at radius 3 is 2.78 bits per heavy atom. The van der Waals surface area contributed by atoms with Gasteiger partial charge in [0, 0.05) is 11.8 Å². The minimum atomic E-state index is 0.509. The van der Waals surface area contributed by atoms with Gasteiger partial charge in [-0.2, -0.15) is 0 Å². The second-order valence-electron chi connectivity index (χ2n) is 3.89. The molecule has 0 aliphatic heterocycles. The minimum Gasteiger partial charge on any atom is -0.494 e. The van der Waals surface area contributed by atoms with E-state index in [4.69, 9.17) is 10.5 Å². The van der Waals surface area contributed by atoms with Crippen LogP contribution in [0, 0.1) is 0 Å². The fourth-order valence-corrected chi connectivity index (χ4v) is 1.86. The van der Waals surface area contributed by atoms with Crippen LogP contribution >= 0.6 is 0 Å². The van der Waals surface area contributed by atoms with Crippen molar-refractivity contribution in [3.8, 4) is 17.1 Å². The van der Waals surface area contributed by atoms with Gasteiger partial charge < -0.3 is 10.5 Å². The van der Waals surface area contributed by atoms with Gasteiger partial charge in [0.25, 0.3) is 0 Å². The molecule has 2 heterocycles. The van der Waals surface area contributed by atoms with Gasteiger partial charge in [-0.15, -0.1) is 0 Å². The molecule has 0 aliphatic rings. The maximum atomic E-state index is 5.92. The van der Waals surface area contributed by atoms with Gasteiger partial charge in [0.05, 0.1) is 7.11 Å². The van der Waals surface area contributed by atoms with Crippen molar-refractivity contribution in [3.05, 3.63) is 30.2 Å². The van der Waals surface area contributed by atoms with Gasteiger partial charge in [0.15, 0.2) is 0 Å². The summed E-state index contributed by atoms with van der Waals surface area (Å²) >= 11 is 0. The summed E-state index contributed by atoms with van der Waals surface area (Å²) in [6.07, 6.45) is 4.96. The average molecular weight is 244 g/mol. The minimum absolute atomic E-state index is 0.509. The van der Waals surface area contributed by atoms with Crippen LogP contribution in [-0.2, 0) is 6.42 Å². The highest BCUT2D eigenvalue weighted by Gasteiger charge is 2.15. The van der Waals surface area contributed by atoms with E-state index >= 15 is 0 Å². The highest BCUT2D eigenvalue weighted by molar-refractivity contribution is 5.69. The third-order valence-electron chi connectivity index (χ3n) is 2.69. The third-order valence-corrected chi connectivity index (χ3v) is 2.69. The van der Waals surface area contributed by atoms with Crippen molar-refractivity contribution in [1.82, 2.24) is 15.0 Å². The molecular weight excluding hydrogens is 228 g/mol. The summed E-state index contributed by atoms with van der Waals surface area (Å²) in [7, 11) is 1.62. The predicted octanol–water partition coefficient (Wildman–Crippen LogP) is 2.08. The van der Waals surface area contributed by atoms with Crippen LogP contribution in [0.25, 0.3) is 11.4 Å². The highest BCUT2D eigenvalue weighted by atomic mass is 16.5. The zero-order valence-corrected chi connectivity index (χ0v) is 10.6. The molecule has 94 valence electrons. The summed E-state index contributed by atoms with van der Waals surface area (Å²) in [6, 6.07) is 3.68. The molecule has 0 unspecified atom stereocenters. The molecule has 2 aromatic rings. The summed E-state index contributed by atoms with van der Waals surface area (Å²) in [6.45, 7) is 2.09. The maximum Gasteiger partial charge on any atom is 0.146 e. The van der Waals surface area contributed by atoms with Gasteiger partial charge in [-0.3, -0.25) is 4.98 Å². The van der Waals surface area contributed by atoms with Gasteiger partial charge in [0.1, 0.15) is 29.3 Å². The van der Waals surface area contributed by atoms with Crippen LogP contribution in [0.15, 0.2) is 24.7 Å². The molecule has 0 bridgehead atoms. The van der Waals surface area contributed by atoms with Crippen molar-refractivity contribution < 1.29 is 4.74 Å². The average Bonchev–Trinajstić information content (AvgIpc) is 2.41. The second kappa shape index (κ2) is 5.44. The van der Waals surface area contributed by atoms with E-state index in [2.05, 4.69) is 21.9 Å². The van der Waals surface area contributed by atoms with Gasteiger partial charge in [-0.25, -0.2) is 9.97 Å². The lowest BCUT2D eigenvalue weighted by Crippen LogP contribution is -2.04. The number of methoxy groups -OCH3 is 1. The molecule has 0 aromatic carbocycles. The van der Waals surface area contributed by atoms with Crippen LogP contribution in [-0.4, -0.2) is 22.1 Å². The van der Waals surface area contributed by atoms with E-state index in [9.17, 15) is 0 Å². The fraction of sp³-hybridized carbons (Fsp3) is 0.308. The topological polar surface area (TPSA) is 73.9 Å². The van der Waals surface area contributed by atoms with Crippen LogP contribution in [0.4, 0.5) is 5.82 Å². The van der Waals surface area contributed by atoms with E-state index < -0.39 is 0 Å². The van der Waals surface area contributed by atoms with Crippen LogP contribution < -0.4 is 10.5 Å². The molecule has 0 radical (unpaired) electrons. The standard InChI is InChI=1S/C13H16N4O/c1-3-5-9-11(16-8-17-13(9)14)12-10(18-2)6-4-7-15-12/h4,6-8H,3,5H2,1-2H3,(H2,14,16,17). The number of hydrogen-bond acceptors (Lipinski definition) is 5. The lowest BCUT2D eigenvalue weighted by molar-refractivity contribution is 0.414. The Bertz CT molecular complexity index is 542. The quantitative estimate of drug-likeness (QED) is 0.891. The van der Waals surface area contributed by atoms with E-state index in [0.717, 1.165) is 24.1 Å². The Kier molecular flexibility index (Phi) is 3.72.